The molecule has 0 aliphatic carbocycles. The molecule has 4 heteroatoms. The lowest BCUT2D eigenvalue weighted by Gasteiger charge is -2.04. The summed E-state index contributed by atoms with van der Waals surface area (Å²) >= 11 is 0. The van der Waals surface area contributed by atoms with Gasteiger partial charge >= 0.3 is 0 Å². The van der Waals surface area contributed by atoms with Crippen molar-refractivity contribution in [2.75, 3.05) is 0 Å². The zero-order valence-electron chi connectivity index (χ0n) is 10.9. The quantitative estimate of drug-likeness (QED) is 0.322. The lowest BCUT2D eigenvalue weighted by Crippen LogP contribution is -1.96. The summed E-state index contributed by atoms with van der Waals surface area (Å²) in [7, 11) is 0. The Labute approximate surface area is 112 Å². The molecule has 0 aliphatic heterocycles. The number of unbranched alkanes of at least 4 members (excludes halogenated alkanes) is 3. The molecule has 0 N–H and O–H groups in total. The van der Waals surface area contributed by atoms with Crippen LogP contribution in [-0.4, -0.2) is 9.49 Å². The number of aromatic nitrogens is 1. The SMILES string of the molecule is C=CCCCCCn1ccc2cc([N+](=O)[O-])ccc21. The van der Waals surface area contributed by atoms with Crippen LogP contribution >= 0.6 is 0 Å². The Morgan fingerprint density at radius 1 is 1.26 bits per heavy atom. The van der Waals surface area contributed by atoms with E-state index in [-0.39, 0.29) is 10.6 Å². The minimum atomic E-state index is -0.355. The van der Waals surface area contributed by atoms with Gasteiger partial charge in [-0.2, -0.15) is 0 Å². The predicted molar refractivity (Wildman–Crippen MR) is 77.3 cm³/mol. The van der Waals surface area contributed by atoms with Crippen LogP contribution in [0.15, 0.2) is 43.1 Å². The first kappa shape index (κ1) is 13.3. The molecule has 1 aromatic heterocycles. The third-order valence-electron chi connectivity index (χ3n) is 3.27. The summed E-state index contributed by atoms with van der Waals surface area (Å²) in [5.74, 6) is 0. The molecule has 0 amide bonds. The Morgan fingerprint density at radius 3 is 2.84 bits per heavy atom. The van der Waals surface area contributed by atoms with E-state index in [0.717, 1.165) is 30.3 Å². The van der Waals surface area contributed by atoms with Gasteiger partial charge in [-0.05, 0) is 31.4 Å². The van der Waals surface area contributed by atoms with Gasteiger partial charge in [0.25, 0.3) is 5.69 Å². The lowest BCUT2D eigenvalue weighted by atomic mass is 10.2. The number of nitrogens with zero attached hydrogens (tertiary/aromatic N) is 2. The highest BCUT2D eigenvalue weighted by Crippen LogP contribution is 2.22. The molecule has 2 rings (SSSR count). The maximum atomic E-state index is 10.7. The van der Waals surface area contributed by atoms with Gasteiger partial charge in [0.1, 0.15) is 0 Å². The molecule has 1 aromatic carbocycles. The Morgan fingerprint density at radius 2 is 2.11 bits per heavy atom. The Bertz CT molecular complexity index is 587. The molecule has 0 bridgehead atoms. The topological polar surface area (TPSA) is 48.1 Å². The smallest absolute Gasteiger partial charge is 0.270 e. The molecular weight excluding hydrogens is 240 g/mol. The molecule has 19 heavy (non-hydrogen) atoms. The van der Waals surface area contributed by atoms with Crippen LogP contribution < -0.4 is 0 Å². The molecule has 0 atom stereocenters. The van der Waals surface area contributed by atoms with Gasteiger partial charge in [0.05, 0.1) is 4.92 Å². The number of nitro benzene ring substituents is 1. The molecule has 100 valence electrons. The van der Waals surface area contributed by atoms with E-state index in [0.29, 0.717) is 0 Å². The van der Waals surface area contributed by atoms with E-state index in [1.165, 1.54) is 12.8 Å². The van der Waals surface area contributed by atoms with Crippen LogP contribution in [0.5, 0.6) is 0 Å². The van der Waals surface area contributed by atoms with Gasteiger partial charge in [-0.15, -0.1) is 6.58 Å². The third kappa shape index (κ3) is 3.22. The maximum absolute atomic E-state index is 10.7. The van der Waals surface area contributed by atoms with E-state index in [9.17, 15) is 10.1 Å². The van der Waals surface area contributed by atoms with Gasteiger partial charge in [0.15, 0.2) is 0 Å². The van der Waals surface area contributed by atoms with Crippen molar-refractivity contribution in [3.05, 3.63) is 53.2 Å². The van der Waals surface area contributed by atoms with E-state index in [4.69, 9.17) is 0 Å². The standard InChI is InChI=1S/C15H18N2O2/c1-2-3-4-5-6-10-16-11-9-13-12-14(17(18)19)7-8-15(13)16/h2,7-9,11-12H,1,3-6,10H2. The van der Waals surface area contributed by atoms with E-state index in [2.05, 4.69) is 11.1 Å². The summed E-state index contributed by atoms with van der Waals surface area (Å²) in [6.45, 7) is 4.67. The van der Waals surface area contributed by atoms with Crippen LogP contribution in [0.1, 0.15) is 25.7 Å². The molecule has 0 saturated carbocycles. The fraction of sp³-hybridized carbons (Fsp3) is 0.333. The average molecular weight is 258 g/mol. The van der Waals surface area contributed by atoms with Gasteiger partial charge in [-0.25, -0.2) is 0 Å². The maximum Gasteiger partial charge on any atom is 0.270 e. The van der Waals surface area contributed by atoms with Gasteiger partial charge in [-0.3, -0.25) is 10.1 Å². The van der Waals surface area contributed by atoms with Gasteiger partial charge in [0.2, 0.25) is 0 Å². The average Bonchev–Trinajstić information content (AvgIpc) is 2.81. The molecule has 0 spiro atoms. The predicted octanol–water partition coefficient (Wildman–Crippen LogP) is 4.30. The number of hydrogen-bond acceptors (Lipinski definition) is 2. The van der Waals surface area contributed by atoms with Crippen LogP contribution in [0.3, 0.4) is 0 Å². The Hall–Kier alpha value is -2.10. The molecule has 2 aromatic rings. The van der Waals surface area contributed by atoms with Crippen LogP contribution in [0.25, 0.3) is 10.9 Å². The van der Waals surface area contributed by atoms with E-state index in [1.807, 2.05) is 24.4 Å². The van der Waals surface area contributed by atoms with Gasteiger partial charge < -0.3 is 4.57 Å². The Kier molecular flexibility index (Phi) is 4.34. The normalized spacial score (nSPS) is 10.7. The van der Waals surface area contributed by atoms with Crippen molar-refractivity contribution in [2.45, 2.75) is 32.2 Å². The van der Waals surface area contributed by atoms with Crippen molar-refractivity contribution in [2.24, 2.45) is 0 Å². The second-order valence-corrected chi connectivity index (χ2v) is 4.65. The van der Waals surface area contributed by atoms with Crippen molar-refractivity contribution in [1.82, 2.24) is 4.57 Å². The van der Waals surface area contributed by atoms with Crippen LogP contribution in [-0.2, 0) is 6.54 Å². The zero-order chi connectivity index (χ0) is 13.7. The number of fused-ring (bicyclic) bond motifs is 1. The first-order chi connectivity index (χ1) is 9.22. The van der Waals surface area contributed by atoms with Crippen LogP contribution in [0.4, 0.5) is 5.69 Å². The second-order valence-electron chi connectivity index (χ2n) is 4.65. The first-order valence-corrected chi connectivity index (χ1v) is 6.56. The van der Waals surface area contributed by atoms with Crippen LogP contribution in [0.2, 0.25) is 0 Å². The third-order valence-corrected chi connectivity index (χ3v) is 3.27. The lowest BCUT2D eigenvalue weighted by molar-refractivity contribution is -0.384. The summed E-state index contributed by atoms with van der Waals surface area (Å²) < 4.78 is 2.16. The monoisotopic (exact) mass is 258 g/mol. The summed E-state index contributed by atoms with van der Waals surface area (Å²) in [5.41, 5.74) is 1.21. The molecular formula is C15H18N2O2. The number of nitro groups is 1. The molecule has 0 fully saturated rings. The van der Waals surface area contributed by atoms with Crippen molar-refractivity contribution in [1.29, 1.82) is 0 Å². The van der Waals surface area contributed by atoms with Crippen molar-refractivity contribution < 1.29 is 4.92 Å². The molecule has 0 aliphatic rings. The minimum absolute atomic E-state index is 0.149. The molecule has 4 nitrogen and oxygen atoms in total. The van der Waals surface area contributed by atoms with E-state index < -0.39 is 0 Å². The van der Waals surface area contributed by atoms with Gasteiger partial charge in [0, 0.05) is 35.8 Å². The molecule has 1 heterocycles. The highest BCUT2D eigenvalue weighted by atomic mass is 16.6. The molecule has 0 saturated heterocycles. The highest BCUT2D eigenvalue weighted by molar-refractivity contribution is 5.82. The van der Waals surface area contributed by atoms with E-state index >= 15 is 0 Å². The number of aryl methyl sites for hydroxylation is 1. The van der Waals surface area contributed by atoms with E-state index in [1.54, 1.807) is 12.1 Å². The molecule has 0 radical (unpaired) electrons. The zero-order valence-corrected chi connectivity index (χ0v) is 10.9. The van der Waals surface area contributed by atoms with Crippen LogP contribution in [0, 0.1) is 10.1 Å². The number of rotatable bonds is 7. The Balaban J connectivity index is 2.04. The largest absolute Gasteiger partial charge is 0.347 e. The minimum Gasteiger partial charge on any atom is -0.347 e. The first-order valence-electron chi connectivity index (χ1n) is 6.56. The van der Waals surface area contributed by atoms with Gasteiger partial charge in [-0.1, -0.05) is 12.5 Å². The highest BCUT2D eigenvalue weighted by Gasteiger charge is 2.08. The summed E-state index contributed by atoms with van der Waals surface area (Å²) in [4.78, 5) is 10.4. The van der Waals surface area contributed by atoms with Crippen molar-refractivity contribution >= 4 is 16.6 Å². The molecule has 0 unspecified atom stereocenters. The fourth-order valence-electron chi connectivity index (χ4n) is 2.24. The number of non-ortho nitro benzene ring substituents is 1. The summed E-state index contributed by atoms with van der Waals surface area (Å²) in [6, 6.07) is 6.96. The van der Waals surface area contributed by atoms with Crippen molar-refractivity contribution in [3.63, 3.8) is 0 Å². The number of allylic oxidation sites excluding steroid dienone is 1. The number of hydrogen-bond donors (Lipinski definition) is 0. The van der Waals surface area contributed by atoms with Crippen molar-refractivity contribution in [3.8, 4) is 0 Å². The second kappa shape index (κ2) is 6.18. The summed E-state index contributed by atoms with van der Waals surface area (Å²) in [5, 5.41) is 11.6. The number of benzene rings is 1. The fourth-order valence-corrected chi connectivity index (χ4v) is 2.24. The summed E-state index contributed by atoms with van der Waals surface area (Å²) in [6.07, 6.45) is 8.49.